The number of phenolic OH excluding ortho intramolecular Hbond substituents is 2. The number of nitro benzene ring substituents is 2. The van der Waals surface area contributed by atoms with E-state index in [4.69, 9.17) is 9.47 Å². The molecule has 31 heavy (non-hydrogen) atoms. The van der Waals surface area contributed by atoms with Crippen molar-refractivity contribution in [1.82, 2.24) is 0 Å². The van der Waals surface area contributed by atoms with Crippen LogP contribution in [0.15, 0.2) is 48.5 Å². The van der Waals surface area contributed by atoms with Crippen LogP contribution in [0.1, 0.15) is 27.0 Å². The number of aromatic hydroxyl groups is 2. The molecule has 0 radical (unpaired) electrons. The quantitative estimate of drug-likeness (QED) is 0.357. The Hall–Kier alpha value is -4.67. The molecule has 2 aliphatic heterocycles. The van der Waals surface area contributed by atoms with Gasteiger partial charge in [0.1, 0.15) is 23.0 Å². The first-order valence-electron chi connectivity index (χ1n) is 8.78. The molecular weight excluding hydrogens is 412 g/mol. The summed E-state index contributed by atoms with van der Waals surface area (Å²) in [7, 11) is 0. The summed E-state index contributed by atoms with van der Waals surface area (Å²) in [5.41, 5.74) is -3.59. The van der Waals surface area contributed by atoms with Crippen molar-refractivity contribution in [2.45, 2.75) is 5.60 Å². The third-order valence-electron chi connectivity index (χ3n) is 5.27. The second-order valence-electron chi connectivity index (χ2n) is 6.90. The molecular formula is C20H10N2O9. The van der Waals surface area contributed by atoms with Crippen molar-refractivity contribution >= 4 is 17.3 Å². The highest BCUT2D eigenvalue weighted by Crippen LogP contribution is 2.58. The lowest BCUT2D eigenvalue weighted by atomic mass is 9.77. The fourth-order valence-corrected chi connectivity index (χ4v) is 4.09. The van der Waals surface area contributed by atoms with Crippen LogP contribution in [-0.4, -0.2) is 26.0 Å². The van der Waals surface area contributed by atoms with Crippen LogP contribution in [0.25, 0.3) is 0 Å². The van der Waals surface area contributed by atoms with E-state index in [0.717, 1.165) is 6.07 Å². The van der Waals surface area contributed by atoms with Gasteiger partial charge in [0.05, 0.1) is 9.85 Å². The number of fused-ring (bicyclic) bond motifs is 6. The Balaban J connectivity index is 1.92. The van der Waals surface area contributed by atoms with Crippen molar-refractivity contribution in [2.75, 3.05) is 0 Å². The molecule has 0 aliphatic carbocycles. The maximum atomic E-state index is 12.9. The number of carbonyl (C=O) groups excluding carboxylic acids is 1. The Bertz CT molecular complexity index is 1300. The van der Waals surface area contributed by atoms with Crippen molar-refractivity contribution in [3.05, 3.63) is 91.0 Å². The van der Waals surface area contributed by atoms with Gasteiger partial charge in [-0.1, -0.05) is 0 Å². The summed E-state index contributed by atoms with van der Waals surface area (Å²) in [6, 6.07) is 10.2. The summed E-state index contributed by atoms with van der Waals surface area (Å²) in [5, 5.41) is 42.8. The van der Waals surface area contributed by atoms with Crippen molar-refractivity contribution in [3.63, 3.8) is 0 Å². The molecule has 0 bridgehead atoms. The van der Waals surface area contributed by atoms with E-state index >= 15 is 0 Å². The highest BCUT2D eigenvalue weighted by Gasteiger charge is 2.57. The first-order chi connectivity index (χ1) is 14.7. The summed E-state index contributed by atoms with van der Waals surface area (Å²) < 4.78 is 11.5. The van der Waals surface area contributed by atoms with Crippen LogP contribution in [0.5, 0.6) is 23.0 Å². The lowest BCUT2D eigenvalue weighted by molar-refractivity contribution is -0.422. The predicted molar refractivity (Wildman–Crippen MR) is 101 cm³/mol. The smallest absolute Gasteiger partial charge is 0.360 e. The van der Waals surface area contributed by atoms with Gasteiger partial charge in [0.15, 0.2) is 11.2 Å². The molecule has 2 N–H and O–H groups in total. The number of ether oxygens (including phenoxy) is 2. The molecule has 11 nitrogen and oxygen atoms in total. The average Bonchev–Trinajstić information content (AvgIpc) is 3.00. The van der Waals surface area contributed by atoms with Gasteiger partial charge in [0.2, 0.25) is 0 Å². The number of nitro groups is 2. The van der Waals surface area contributed by atoms with Gasteiger partial charge < -0.3 is 19.7 Å². The molecule has 2 heterocycles. The number of benzene rings is 3. The second-order valence-corrected chi connectivity index (χ2v) is 6.90. The summed E-state index contributed by atoms with van der Waals surface area (Å²) in [4.78, 5) is 34.0. The second kappa shape index (κ2) is 5.92. The lowest BCUT2D eigenvalue weighted by Crippen LogP contribution is -2.32. The van der Waals surface area contributed by atoms with Gasteiger partial charge in [0, 0.05) is 34.9 Å². The summed E-state index contributed by atoms with van der Waals surface area (Å²) in [6.07, 6.45) is 0. The lowest BCUT2D eigenvalue weighted by Gasteiger charge is -2.36. The fraction of sp³-hybridized carbons (Fsp3) is 0.0500. The largest absolute Gasteiger partial charge is 0.508 e. The van der Waals surface area contributed by atoms with Gasteiger partial charge >= 0.3 is 17.3 Å². The highest BCUT2D eigenvalue weighted by atomic mass is 16.6. The van der Waals surface area contributed by atoms with Crippen LogP contribution in [0.4, 0.5) is 11.4 Å². The molecule has 2 aliphatic rings. The van der Waals surface area contributed by atoms with Gasteiger partial charge in [-0.3, -0.25) is 20.2 Å². The van der Waals surface area contributed by atoms with Crippen molar-refractivity contribution in [2.24, 2.45) is 0 Å². The van der Waals surface area contributed by atoms with Gasteiger partial charge in [0.25, 0.3) is 0 Å². The van der Waals surface area contributed by atoms with Crippen LogP contribution in [0.2, 0.25) is 0 Å². The van der Waals surface area contributed by atoms with E-state index in [1.54, 1.807) is 0 Å². The number of rotatable bonds is 2. The minimum Gasteiger partial charge on any atom is -0.508 e. The number of hydrogen-bond acceptors (Lipinski definition) is 9. The molecule has 0 saturated heterocycles. The van der Waals surface area contributed by atoms with Gasteiger partial charge in [-0.15, -0.1) is 0 Å². The zero-order valence-electron chi connectivity index (χ0n) is 15.3. The van der Waals surface area contributed by atoms with Crippen LogP contribution in [0, 0.1) is 20.2 Å². The van der Waals surface area contributed by atoms with E-state index in [1.807, 2.05) is 0 Å². The molecule has 3 aromatic carbocycles. The van der Waals surface area contributed by atoms with Gasteiger partial charge in [-0.2, -0.15) is 0 Å². The van der Waals surface area contributed by atoms with E-state index in [-0.39, 0.29) is 39.7 Å². The predicted octanol–water partition coefficient (Wildman–Crippen LogP) is 3.48. The molecule has 0 atom stereocenters. The minimum atomic E-state index is -1.74. The van der Waals surface area contributed by atoms with E-state index in [1.165, 1.54) is 42.5 Å². The Kier molecular flexibility index (Phi) is 3.51. The standard InChI is InChI=1S/C20H10N2O9/c23-9-1-3-11-15(7-9)30-16-8-10(24)2-4-12(16)20(11)13-5-6-14(21(26)27)18(22(28)29)17(13)19(25)31-20/h1-8,23-24H. The average molecular weight is 422 g/mol. The van der Waals surface area contributed by atoms with Crippen LogP contribution in [-0.2, 0) is 10.3 Å². The Morgan fingerprint density at radius 1 is 0.806 bits per heavy atom. The molecule has 1 spiro atoms. The highest BCUT2D eigenvalue weighted by molar-refractivity contribution is 6.02. The number of nitrogens with zero attached hydrogens (tertiary/aromatic N) is 2. The first kappa shape index (κ1) is 18.4. The Morgan fingerprint density at radius 3 is 1.87 bits per heavy atom. The van der Waals surface area contributed by atoms with E-state index in [9.17, 15) is 35.2 Å². The third-order valence-corrected chi connectivity index (χ3v) is 5.27. The van der Waals surface area contributed by atoms with Crippen LogP contribution in [0.3, 0.4) is 0 Å². The topological polar surface area (TPSA) is 162 Å². The SMILES string of the molecule is O=C1OC2(c3ccc(O)cc3Oc3cc(O)ccc32)c2ccc([N+](=O)[O-])c([N+](=O)[O-])c21. The zero-order valence-corrected chi connectivity index (χ0v) is 15.3. The molecule has 154 valence electrons. The molecule has 0 aromatic heterocycles. The molecule has 5 rings (SSSR count). The van der Waals surface area contributed by atoms with E-state index < -0.39 is 38.4 Å². The van der Waals surface area contributed by atoms with Crippen molar-refractivity contribution < 1.29 is 34.3 Å². The number of esters is 1. The molecule has 0 amide bonds. The zero-order chi connectivity index (χ0) is 22.1. The normalized spacial score (nSPS) is 14.8. The van der Waals surface area contributed by atoms with Crippen LogP contribution < -0.4 is 4.74 Å². The fourth-order valence-electron chi connectivity index (χ4n) is 4.09. The number of carbonyl (C=O) groups is 1. The third kappa shape index (κ3) is 2.31. The molecule has 11 heteroatoms. The monoisotopic (exact) mass is 422 g/mol. The molecule has 0 saturated carbocycles. The Morgan fingerprint density at radius 2 is 1.35 bits per heavy atom. The first-order valence-corrected chi connectivity index (χ1v) is 8.78. The minimum absolute atomic E-state index is 0.0111. The summed E-state index contributed by atoms with van der Waals surface area (Å²) in [6.45, 7) is 0. The molecule has 0 fully saturated rings. The van der Waals surface area contributed by atoms with Crippen molar-refractivity contribution in [3.8, 4) is 23.0 Å². The Labute approximate surface area is 172 Å². The van der Waals surface area contributed by atoms with Crippen molar-refractivity contribution in [1.29, 1.82) is 0 Å². The maximum absolute atomic E-state index is 12.9. The van der Waals surface area contributed by atoms with Gasteiger partial charge in [-0.25, -0.2) is 4.79 Å². The number of phenols is 2. The van der Waals surface area contributed by atoms with Gasteiger partial charge in [-0.05, 0) is 30.3 Å². The molecule has 0 unspecified atom stereocenters. The summed E-state index contributed by atoms with van der Waals surface area (Å²) in [5.74, 6) is -1.27. The van der Waals surface area contributed by atoms with E-state index in [0.29, 0.717) is 0 Å². The van der Waals surface area contributed by atoms with E-state index in [2.05, 4.69) is 0 Å². The number of hydrogen-bond donors (Lipinski definition) is 2. The maximum Gasteiger partial charge on any atom is 0.360 e. The summed E-state index contributed by atoms with van der Waals surface area (Å²) >= 11 is 0. The molecule has 3 aromatic rings. The van der Waals surface area contributed by atoms with Crippen LogP contribution >= 0.6 is 0 Å².